The van der Waals surface area contributed by atoms with E-state index in [1.807, 2.05) is 0 Å². The number of hydrogen-bond acceptors (Lipinski definition) is 3. The molecule has 1 aromatic carbocycles. The second-order valence-electron chi connectivity index (χ2n) is 4.27. The van der Waals surface area contributed by atoms with E-state index in [0.717, 1.165) is 31.7 Å². The molecule has 1 aromatic rings. The topological polar surface area (TPSA) is 35.5 Å². The van der Waals surface area contributed by atoms with Crippen molar-refractivity contribution in [3.63, 3.8) is 0 Å². The molecule has 0 aromatic heterocycles. The van der Waals surface area contributed by atoms with Crippen molar-refractivity contribution in [1.82, 2.24) is 10.2 Å². The zero-order valence-corrected chi connectivity index (χ0v) is 11.0. The number of nitrogens with one attached hydrogen (secondary N) is 1. The largest absolute Gasteiger partial charge is 0.387 e. The highest BCUT2D eigenvalue weighted by molar-refractivity contribution is 6.34. The number of aliphatic hydroxyl groups is 1. The average Bonchev–Trinajstić information content (AvgIpc) is 2.29. The molecule has 0 spiro atoms. The lowest BCUT2D eigenvalue weighted by Crippen LogP contribution is -2.44. The Morgan fingerprint density at radius 2 is 1.76 bits per heavy atom. The molecule has 0 radical (unpaired) electrons. The summed E-state index contributed by atoms with van der Waals surface area (Å²) in [5.41, 5.74) is 0.779. The van der Waals surface area contributed by atoms with Crippen molar-refractivity contribution >= 4 is 23.2 Å². The molecule has 1 aliphatic heterocycles. The number of β-amino-alcohol motifs (C(OH)–C–C–N with tert-alkyl or cyclic N) is 1. The smallest absolute Gasteiger partial charge is 0.0917 e. The Hall–Kier alpha value is -0.320. The molecule has 0 aliphatic carbocycles. The molecule has 2 N–H and O–H groups in total. The van der Waals surface area contributed by atoms with Crippen LogP contribution in [0.4, 0.5) is 0 Å². The van der Waals surface area contributed by atoms with Crippen LogP contribution in [-0.2, 0) is 0 Å². The van der Waals surface area contributed by atoms with E-state index in [2.05, 4.69) is 10.2 Å². The maximum absolute atomic E-state index is 10.1. The normalized spacial score (nSPS) is 19.2. The Morgan fingerprint density at radius 1 is 1.18 bits per heavy atom. The quantitative estimate of drug-likeness (QED) is 0.884. The zero-order chi connectivity index (χ0) is 12.3. The van der Waals surface area contributed by atoms with Gasteiger partial charge in [-0.05, 0) is 23.8 Å². The van der Waals surface area contributed by atoms with Gasteiger partial charge in [-0.3, -0.25) is 4.90 Å². The third kappa shape index (κ3) is 3.83. The summed E-state index contributed by atoms with van der Waals surface area (Å²) in [6.07, 6.45) is -0.538. The second-order valence-corrected chi connectivity index (χ2v) is 5.14. The van der Waals surface area contributed by atoms with Crippen molar-refractivity contribution in [1.29, 1.82) is 0 Å². The van der Waals surface area contributed by atoms with Crippen LogP contribution in [0, 0.1) is 0 Å². The van der Waals surface area contributed by atoms with Crippen molar-refractivity contribution in [3.05, 3.63) is 33.8 Å². The molecule has 1 heterocycles. The van der Waals surface area contributed by atoms with Crippen LogP contribution in [0.25, 0.3) is 0 Å². The first kappa shape index (κ1) is 13.1. The Morgan fingerprint density at radius 3 is 2.35 bits per heavy atom. The summed E-state index contributed by atoms with van der Waals surface area (Å²) >= 11 is 11.8. The standard InChI is InChI=1S/C12H16Cl2N2O/c13-10-5-9(6-11(14)7-10)12(17)8-16-3-1-15-2-4-16/h5-7,12,15,17H,1-4,8H2. The van der Waals surface area contributed by atoms with Crippen LogP contribution in [-0.4, -0.2) is 42.7 Å². The minimum absolute atomic E-state index is 0.538. The van der Waals surface area contributed by atoms with Gasteiger partial charge < -0.3 is 10.4 Å². The lowest BCUT2D eigenvalue weighted by Gasteiger charge is -2.29. The number of benzene rings is 1. The minimum Gasteiger partial charge on any atom is -0.387 e. The van der Waals surface area contributed by atoms with Crippen molar-refractivity contribution in [2.45, 2.75) is 6.10 Å². The number of nitrogens with zero attached hydrogens (tertiary/aromatic N) is 1. The molecule has 2 rings (SSSR count). The molecule has 1 fully saturated rings. The summed E-state index contributed by atoms with van der Waals surface area (Å²) in [5.74, 6) is 0. The highest BCUT2D eigenvalue weighted by atomic mass is 35.5. The summed E-state index contributed by atoms with van der Waals surface area (Å²) in [6, 6.07) is 5.20. The molecule has 5 heteroatoms. The summed E-state index contributed by atoms with van der Waals surface area (Å²) in [6.45, 7) is 4.50. The van der Waals surface area contributed by atoms with Gasteiger partial charge in [0.15, 0.2) is 0 Å². The Kier molecular flexibility index (Phi) is 4.65. The number of halogens is 2. The van der Waals surface area contributed by atoms with Gasteiger partial charge in [0.05, 0.1) is 6.10 Å². The SMILES string of the molecule is OC(CN1CCNCC1)c1cc(Cl)cc(Cl)c1. The van der Waals surface area contributed by atoms with Crippen LogP contribution in [0.15, 0.2) is 18.2 Å². The molecule has 1 saturated heterocycles. The van der Waals surface area contributed by atoms with E-state index in [0.29, 0.717) is 16.6 Å². The fourth-order valence-electron chi connectivity index (χ4n) is 2.01. The number of rotatable bonds is 3. The van der Waals surface area contributed by atoms with Crippen molar-refractivity contribution in [2.24, 2.45) is 0 Å². The van der Waals surface area contributed by atoms with Crippen molar-refractivity contribution < 1.29 is 5.11 Å². The van der Waals surface area contributed by atoms with Gasteiger partial charge in [0.25, 0.3) is 0 Å². The summed E-state index contributed by atoms with van der Waals surface area (Å²) in [4.78, 5) is 2.23. The molecule has 94 valence electrons. The molecular weight excluding hydrogens is 259 g/mol. The molecule has 1 unspecified atom stereocenters. The lowest BCUT2D eigenvalue weighted by molar-refractivity contribution is 0.105. The first-order chi connectivity index (χ1) is 8.15. The predicted octanol–water partition coefficient (Wildman–Crippen LogP) is 1.93. The maximum Gasteiger partial charge on any atom is 0.0917 e. The molecule has 0 saturated carbocycles. The number of piperazine rings is 1. The first-order valence-corrected chi connectivity index (χ1v) is 6.48. The van der Waals surface area contributed by atoms with Crippen LogP contribution < -0.4 is 5.32 Å². The van der Waals surface area contributed by atoms with E-state index in [1.165, 1.54) is 0 Å². The predicted molar refractivity (Wildman–Crippen MR) is 70.7 cm³/mol. The number of hydrogen-bond donors (Lipinski definition) is 2. The minimum atomic E-state index is -0.538. The molecule has 1 atom stereocenters. The summed E-state index contributed by atoms with van der Waals surface area (Å²) in [5, 5.41) is 14.5. The van der Waals surface area contributed by atoms with Gasteiger partial charge in [0, 0.05) is 42.8 Å². The highest BCUT2D eigenvalue weighted by Gasteiger charge is 2.16. The second kappa shape index (κ2) is 6.03. The van der Waals surface area contributed by atoms with Gasteiger partial charge >= 0.3 is 0 Å². The molecule has 1 aliphatic rings. The summed E-state index contributed by atoms with van der Waals surface area (Å²) in [7, 11) is 0. The van der Waals surface area contributed by atoms with Gasteiger partial charge in [-0.2, -0.15) is 0 Å². The van der Waals surface area contributed by atoms with Gasteiger partial charge in [-0.1, -0.05) is 23.2 Å². The van der Waals surface area contributed by atoms with Crippen LogP contribution in [0.1, 0.15) is 11.7 Å². The maximum atomic E-state index is 10.1. The van der Waals surface area contributed by atoms with E-state index in [9.17, 15) is 5.11 Å². The Labute approximate surface area is 111 Å². The zero-order valence-electron chi connectivity index (χ0n) is 9.50. The van der Waals surface area contributed by atoms with Gasteiger partial charge in [0.2, 0.25) is 0 Å². The molecule has 0 amide bonds. The van der Waals surface area contributed by atoms with E-state index in [1.54, 1.807) is 18.2 Å². The summed E-state index contributed by atoms with van der Waals surface area (Å²) < 4.78 is 0. The third-order valence-electron chi connectivity index (χ3n) is 2.91. The lowest BCUT2D eigenvalue weighted by atomic mass is 10.1. The fourth-order valence-corrected chi connectivity index (χ4v) is 2.55. The third-order valence-corrected chi connectivity index (χ3v) is 3.35. The van der Waals surface area contributed by atoms with Gasteiger partial charge in [-0.25, -0.2) is 0 Å². The number of aliphatic hydroxyl groups excluding tert-OH is 1. The van der Waals surface area contributed by atoms with Crippen LogP contribution in [0.2, 0.25) is 10.0 Å². The van der Waals surface area contributed by atoms with Crippen LogP contribution in [0.3, 0.4) is 0 Å². The van der Waals surface area contributed by atoms with E-state index >= 15 is 0 Å². The van der Waals surface area contributed by atoms with E-state index in [4.69, 9.17) is 23.2 Å². The Bertz CT molecular complexity index is 361. The molecule has 17 heavy (non-hydrogen) atoms. The molecular formula is C12H16Cl2N2O. The average molecular weight is 275 g/mol. The first-order valence-electron chi connectivity index (χ1n) is 5.72. The van der Waals surface area contributed by atoms with E-state index < -0.39 is 6.10 Å². The van der Waals surface area contributed by atoms with Crippen molar-refractivity contribution in [3.8, 4) is 0 Å². The van der Waals surface area contributed by atoms with Crippen LogP contribution in [0.5, 0.6) is 0 Å². The highest BCUT2D eigenvalue weighted by Crippen LogP contribution is 2.24. The van der Waals surface area contributed by atoms with Crippen molar-refractivity contribution in [2.75, 3.05) is 32.7 Å². The molecule has 0 bridgehead atoms. The fraction of sp³-hybridized carbons (Fsp3) is 0.500. The monoisotopic (exact) mass is 274 g/mol. The molecule has 3 nitrogen and oxygen atoms in total. The van der Waals surface area contributed by atoms with Gasteiger partial charge in [-0.15, -0.1) is 0 Å². The van der Waals surface area contributed by atoms with Crippen LogP contribution >= 0.6 is 23.2 Å². The van der Waals surface area contributed by atoms with E-state index in [-0.39, 0.29) is 0 Å². The Balaban J connectivity index is 2.00. The van der Waals surface area contributed by atoms with Gasteiger partial charge in [0.1, 0.15) is 0 Å².